The Bertz CT molecular complexity index is 334. The number of amides is 1. The van der Waals surface area contributed by atoms with E-state index in [-0.39, 0.29) is 41.7 Å². The van der Waals surface area contributed by atoms with Gasteiger partial charge in [-0.05, 0) is 38.5 Å². The molecule has 0 heterocycles. The van der Waals surface area contributed by atoms with E-state index < -0.39 is 0 Å². The molecule has 118 valence electrons. The molecule has 20 heavy (non-hydrogen) atoms. The number of nitrogens with one attached hydrogen (secondary N) is 1. The van der Waals surface area contributed by atoms with Gasteiger partial charge in [-0.3, -0.25) is 4.79 Å². The van der Waals surface area contributed by atoms with Crippen molar-refractivity contribution < 1.29 is 9.53 Å². The Hall–Kier alpha value is -0.320. The molecule has 3 N–H and O–H groups in total. The first-order valence-electron chi connectivity index (χ1n) is 7.66. The van der Waals surface area contributed by atoms with Crippen LogP contribution in [0.15, 0.2) is 0 Å². The van der Waals surface area contributed by atoms with Crippen molar-refractivity contribution in [3.63, 3.8) is 0 Å². The molecule has 1 amide bonds. The molecule has 2 aliphatic rings. The van der Waals surface area contributed by atoms with Crippen LogP contribution in [0.1, 0.15) is 52.4 Å². The predicted octanol–water partition coefficient (Wildman–Crippen LogP) is 2.25. The summed E-state index contributed by atoms with van der Waals surface area (Å²) in [5.41, 5.74) is 6.02. The highest BCUT2D eigenvalue weighted by molar-refractivity contribution is 5.85. The lowest BCUT2D eigenvalue weighted by molar-refractivity contribution is -0.143. The highest BCUT2D eigenvalue weighted by atomic mass is 35.5. The van der Waals surface area contributed by atoms with E-state index >= 15 is 0 Å². The van der Waals surface area contributed by atoms with Gasteiger partial charge in [0.2, 0.25) is 5.91 Å². The number of methoxy groups -OCH3 is 1. The molecule has 2 fully saturated rings. The third kappa shape index (κ3) is 2.97. The average Bonchev–Trinajstić information content (AvgIpc) is 2.82. The Kier molecular flexibility index (Phi) is 6.29. The molecule has 2 rings (SSSR count). The highest BCUT2D eigenvalue weighted by Gasteiger charge is 2.53. The molecule has 0 aromatic rings. The first-order chi connectivity index (χ1) is 9.07. The van der Waals surface area contributed by atoms with Gasteiger partial charge in [0.1, 0.15) is 0 Å². The van der Waals surface area contributed by atoms with Gasteiger partial charge in [0, 0.05) is 30.5 Å². The van der Waals surface area contributed by atoms with Gasteiger partial charge < -0.3 is 15.8 Å². The van der Waals surface area contributed by atoms with Gasteiger partial charge in [-0.15, -0.1) is 12.4 Å². The number of halogens is 1. The van der Waals surface area contributed by atoms with E-state index in [1.54, 1.807) is 7.11 Å². The molecule has 5 heteroatoms. The molecular weight excluding hydrogens is 276 g/mol. The molecule has 4 atom stereocenters. The average molecular weight is 305 g/mol. The standard InChI is InChI=1S/C15H28N2O2.ClH/c1-4-15(5-2)12(9-13(15)19-3)17-14(18)10-6-7-11(16)8-10;/h10-13H,4-9,16H2,1-3H3,(H,17,18);1H. The Morgan fingerprint density at radius 1 is 1.30 bits per heavy atom. The second-order valence-electron chi connectivity index (χ2n) is 6.23. The summed E-state index contributed by atoms with van der Waals surface area (Å²) >= 11 is 0. The number of hydrogen-bond donors (Lipinski definition) is 2. The Morgan fingerprint density at radius 3 is 2.40 bits per heavy atom. The summed E-state index contributed by atoms with van der Waals surface area (Å²) in [7, 11) is 1.78. The van der Waals surface area contributed by atoms with Gasteiger partial charge in [-0.2, -0.15) is 0 Å². The van der Waals surface area contributed by atoms with Gasteiger partial charge in [0.15, 0.2) is 0 Å². The van der Waals surface area contributed by atoms with Crippen LogP contribution in [0.5, 0.6) is 0 Å². The van der Waals surface area contributed by atoms with Crippen LogP contribution in [0.25, 0.3) is 0 Å². The van der Waals surface area contributed by atoms with Crippen LogP contribution in [0.4, 0.5) is 0 Å². The molecule has 4 nitrogen and oxygen atoms in total. The highest BCUT2D eigenvalue weighted by Crippen LogP contribution is 2.48. The van der Waals surface area contributed by atoms with Crippen LogP contribution < -0.4 is 11.1 Å². The van der Waals surface area contributed by atoms with E-state index in [1.165, 1.54) is 0 Å². The van der Waals surface area contributed by atoms with E-state index in [0.29, 0.717) is 6.10 Å². The van der Waals surface area contributed by atoms with Crippen molar-refractivity contribution in [2.24, 2.45) is 17.1 Å². The minimum absolute atomic E-state index is 0. The van der Waals surface area contributed by atoms with Gasteiger partial charge in [-0.1, -0.05) is 13.8 Å². The summed E-state index contributed by atoms with van der Waals surface area (Å²) in [4.78, 5) is 12.3. The molecule has 2 aliphatic carbocycles. The zero-order chi connectivity index (χ0) is 14.0. The number of hydrogen-bond acceptors (Lipinski definition) is 3. The number of ether oxygens (including phenoxy) is 1. The summed E-state index contributed by atoms with van der Waals surface area (Å²) in [6, 6.07) is 0.489. The minimum Gasteiger partial charge on any atom is -0.381 e. The smallest absolute Gasteiger partial charge is 0.223 e. The van der Waals surface area contributed by atoms with Crippen molar-refractivity contribution in [1.29, 1.82) is 0 Å². The number of rotatable bonds is 5. The largest absolute Gasteiger partial charge is 0.381 e. The van der Waals surface area contributed by atoms with Crippen LogP contribution in [0, 0.1) is 11.3 Å². The van der Waals surface area contributed by atoms with E-state index in [2.05, 4.69) is 19.2 Å². The maximum absolute atomic E-state index is 12.3. The Balaban J connectivity index is 0.00000200. The van der Waals surface area contributed by atoms with Crippen LogP contribution in [0.3, 0.4) is 0 Å². The molecule has 0 bridgehead atoms. The summed E-state index contributed by atoms with van der Waals surface area (Å²) in [5.74, 6) is 0.335. The SMILES string of the molecule is CCC1(CC)C(NC(=O)C2CCC(N)C2)CC1OC.Cl. The molecule has 0 radical (unpaired) electrons. The number of carbonyl (C=O) groups excluding carboxylic acids is 1. The van der Waals surface area contributed by atoms with Crippen molar-refractivity contribution in [2.45, 2.75) is 70.6 Å². The van der Waals surface area contributed by atoms with E-state index in [0.717, 1.165) is 38.5 Å². The fourth-order valence-corrected chi connectivity index (χ4v) is 4.02. The minimum atomic E-state index is 0. The van der Waals surface area contributed by atoms with E-state index in [9.17, 15) is 4.79 Å². The molecule has 0 saturated heterocycles. The van der Waals surface area contributed by atoms with Crippen molar-refractivity contribution in [3.05, 3.63) is 0 Å². The Labute approximate surface area is 128 Å². The molecule has 0 aromatic carbocycles. The zero-order valence-electron chi connectivity index (χ0n) is 12.9. The van der Waals surface area contributed by atoms with Crippen molar-refractivity contribution in [1.82, 2.24) is 5.32 Å². The fourth-order valence-electron chi connectivity index (χ4n) is 4.02. The number of carbonyl (C=O) groups is 1. The van der Waals surface area contributed by atoms with Gasteiger partial charge >= 0.3 is 0 Å². The van der Waals surface area contributed by atoms with Crippen molar-refractivity contribution >= 4 is 18.3 Å². The van der Waals surface area contributed by atoms with Gasteiger partial charge in [-0.25, -0.2) is 0 Å². The fraction of sp³-hybridized carbons (Fsp3) is 0.933. The van der Waals surface area contributed by atoms with Crippen molar-refractivity contribution in [3.8, 4) is 0 Å². The Morgan fingerprint density at radius 2 is 1.95 bits per heavy atom. The maximum atomic E-state index is 12.3. The summed E-state index contributed by atoms with van der Waals surface area (Å²) in [5, 5.41) is 3.26. The van der Waals surface area contributed by atoms with E-state index in [1.807, 2.05) is 0 Å². The van der Waals surface area contributed by atoms with Crippen LogP contribution >= 0.6 is 12.4 Å². The molecule has 0 aromatic heterocycles. The van der Waals surface area contributed by atoms with Crippen LogP contribution in [-0.4, -0.2) is 31.2 Å². The maximum Gasteiger partial charge on any atom is 0.223 e. The topological polar surface area (TPSA) is 64.4 Å². The lowest BCUT2D eigenvalue weighted by atomic mass is 9.58. The molecule has 0 aliphatic heterocycles. The first kappa shape index (κ1) is 17.7. The summed E-state index contributed by atoms with van der Waals surface area (Å²) < 4.78 is 5.57. The van der Waals surface area contributed by atoms with Gasteiger partial charge in [0.05, 0.1) is 6.10 Å². The summed E-state index contributed by atoms with van der Waals surface area (Å²) in [6.07, 6.45) is 6.11. The second-order valence-corrected chi connectivity index (χ2v) is 6.23. The normalized spacial score (nSPS) is 35.0. The van der Waals surface area contributed by atoms with Crippen molar-refractivity contribution in [2.75, 3.05) is 7.11 Å². The predicted molar refractivity (Wildman–Crippen MR) is 82.9 cm³/mol. The quantitative estimate of drug-likeness (QED) is 0.819. The van der Waals surface area contributed by atoms with E-state index in [4.69, 9.17) is 10.5 Å². The first-order valence-corrected chi connectivity index (χ1v) is 7.66. The monoisotopic (exact) mass is 304 g/mol. The van der Waals surface area contributed by atoms with Gasteiger partial charge in [0.25, 0.3) is 0 Å². The molecule has 4 unspecified atom stereocenters. The summed E-state index contributed by atoms with van der Waals surface area (Å²) in [6.45, 7) is 4.39. The number of nitrogens with two attached hydrogens (primary N) is 1. The third-order valence-corrected chi connectivity index (χ3v) is 5.55. The third-order valence-electron chi connectivity index (χ3n) is 5.55. The zero-order valence-corrected chi connectivity index (χ0v) is 13.7. The molecular formula is C15H29ClN2O2. The molecule has 0 spiro atoms. The lowest BCUT2D eigenvalue weighted by Gasteiger charge is -2.55. The van der Waals surface area contributed by atoms with Crippen LogP contribution in [-0.2, 0) is 9.53 Å². The lowest BCUT2D eigenvalue weighted by Crippen LogP contribution is -2.64. The molecule has 2 saturated carbocycles. The van der Waals surface area contributed by atoms with Crippen LogP contribution in [0.2, 0.25) is 0 Å². The second kappa shape index (κ2) is 7.10.